The number of nitrogens with one attached hydrogen (secondary N) is 1. The molecule has 5 nitrogen and oxygen atoms in total. The molecular formula is C21H16ClNO4S. The molecule has 0 atom stereocenters. The number of thiophene rings is 1. The largest absolute Gasteiger partial charge is 0.452 e. The maximum absolute atomic E-state index is 12.6. The minimum atomic E-state index is -0.738. The van der Waals surface area contributed by atoms with Crippen LogP contribution in [0.2, 0.25) is 5.02 Å². The molecular weight excluding hydrogens is 398 g/mol. The average Bonchev–Trinajstić information content (AvgIpc) is 3.24. The summed E-state index contributed by atoms with van der Waals surface area (Å²) in [5.41, 5.74) is 1.62. The van der Waals surface area contributed by atoms with Gasteiger partial charge in [0.25, 0.3) is 5.91 Å². The average molecular weight is 414 g/mol. The molecule has 0 saturated carbocycles. The summed E-state index contributed by atoms with van der Waals surface area (Å²) >= 11 is 7.32. The minimum Gasteiger partial charge on any atom is -0.452 e. The van der Waals surface area contributed by atoms with Crippen molar-refractivity contribution in [1.29, 1.82) is 0 Å². The molecule has 0 radical (unpaired) electrons. The summed E-state index contributed by atoms with van der Waals surface area (Å²) < 4.78 is 5.11. The van der Waals surface area contributed by atoms with Gasteiger partial charge in [0.1, 0.15) is 0 Å². The molecule has 3 rings (SSSR count). The normalized spacial score (nSPS) is 10.4. The van der Waals surface area contributed by atoms with Crippen molar-refractivity contribution in [2.45, 2.75) is 6.92 Å². The Morgan fingerprint density at radius 3 is 2.46 bits per heavy atom. The smallest absolute Gasteiger partial charge is 0.339 e. The first-order chi connectivity index (χ1) is 13.5. The molecule has 1 N–H and O–H groups in total. The maximum atomic E-state index is 12.6. The SMILES string of the molecule is Cc1c(Cl)cccc1NC(=O)COC(=O)c1ccccc1C(=O)c1cccs1. The van der Waals surface area contributed by atoms with Crippen molar-refractivity contribution in [2.24, 2.45) is 0 Å². The van der Waals surface area contributed by atoms with Gasteiger partial charge in [0, 0.05) is 16.3 Å². The van der Waals surface area contributed by atoms with Crippen LogP contribution in [0.5, 0.6) is 0 Å². The highest BCUT2D eigenvalue weighted by Crippen LogP contribution is 2.23. The van der Waals surface area contributed by atoms with Gasteiger partial charge < -0.3 is 10.1 Å². The molecule has 0 unspecified atom stereocenters. The first-order valence-corrected chi connectivity index (χ1v) is 9.62. The molecule has 1 heterocycles. The monoisotopic (exact) mass is 413 g/mol. The number of amides is 1. The summed E-state index contributed by atoms with van der Waals surface area (Å²) in [6, 6.07) is 15.0. The van der Waals surface area contributed by atoms with Crippen molar-refractivity contribution in [2.75, 3.05) is 11.9 Å². The van der Waals surface area contributed by atoms with Crippen LogP contribution in [-0.2, 0) is 9.53 Å². The van der Waals surface area contributed by atoms with Crippen LogP contribution < -0.4 is 5.32 Å². The second-order valence-electron chi connectivity index (χ2n) is 5.89. The van der Waals surface area contributed by atoms with E-state index in [1.807, 2.05) is 0 Å². The number of ether oxygens (including phenoxy) is 1. The topological polar surface area (TPSA) is 72.5 Å². The third-order valence-electron chi connectivity index (χ3n) is 4.01. The summed E-state index contributed by atoms with van der Waals surface area (Å²) in [7, 11) is 0. The molecule has 7 heteroatoms. The zero-order valence-electron chi connectivity index (χ0n) is 14.9. The Balaban J connectivity index is 1.68. The number of esters is 1. The number of carbonyl (C=O) groups excluding carboxylic acids is 3. The highest BCUT2D eigenvalue weighted by Gasteiger charge is 2.20. The quantitative estimate of drug-likeness (QED) is 0.468. The maximum Gasteiger partial charge on any atom is 0.339 e. The molecule has 28 heavy (non-hydrogen) atoms. The third-order valence-corrected chi connectivity index (χ3v) is 5.29. The number of hydrogen-bond donors (Lipinski definition) is 1. The minimum absolute atomic E-state index is 0.118. The molecule has 1 amide bonds. The van der Waals surface area contributed by atoms with E-state index in [4.69, 9.17) is 16.3 Å². The van der Waals surface area contributed by atoms with Gasteiger partial charge in [-0.1, -0.05) is 41.9 Å². The Labute approximate surface area is 170 Å². The summed E-state index contributed by atoms with van der Waals surface area (Å²) in [5, 5.41) is 4.96. The highest BCUT2D eigenvalue weighted by molar-refractivity contribution is 7.12. The van der Waals surface area contributed by atoms with Gasteiger partial charge in [-0.15, -0.1) is 11.3 Å². The molecule has 0 aliphatic carbocycles. The van der Waals surface area contributed by atoms with Gasteiger partial charge in [0.2, 0.25) is 5.78 Å². The van der Waals surface area contributed by atoms with Gasteiger partial charge in [0.05, 0.1) is 10.4 Å². The van der Waals surface area contributed by atoms with Crippen molar-refractivity contribution < 1.29 is 19.1 Å². The lowest BCUT2D eigenvalue weighted by Gasteiger charge is -2.11. The number of carbonyl (C=O) groups is 3. The van der Waals surface area contributed by atoms with E-state index >= 15 is 0 Å². The highest BCUT2D eigenvalue weighted by atomic mass is 35.5. The fraction of sp³-hybridized carbons (Fsp3) is 0.0952. The molecule has 0 spiro atoms. The van der Waals surface area contributed by atoms with Gasteiger partial charge in [-0.3, -0.25) is 9.59 Å². The Hall–Kier alpha value is -2.96. The molecule has 142 valence electrons. The number of halogens is 1. The van der Waals surface area contributed by atoms with Crippen LogP contribution in [0.4, 0.5) is 5.69 Å². The van der Waals surface area contributed by atoms with Gasteiger partial charge in [-0.25, -0.2) is 4.79 Å². The molecule has 0 aliphatic rings. The predicted octanol–water partition coefficient (Wildman–Crippen LogP) is 4.74. The second kappa shape index (κ2) is 8.82. The Bertz CT molecular complexity index is 1030. The van der Waals surface area contributed by atoms with Crippen molar-refractivity contribution >= 4 is 46.3 Å². The lowest BCUT2D eigenvalue weighted by Crippen LogP contribution is -2.22. The third kappa shape index (κ3) is 4.47. The summed E-state index contributed by atoms with van der Waals surface area (Å²) in [6.45, 7) is 1.29. The number of rotatable bonds is 6. The fourth-order valence-electron chi connectivity index (χ4n) is 2.54. The van der Waals surface area contributed by atoms with Crippen LogP contribution in [0.15, 0.2) is 60.0 Å². The number of hydrogen-bond acceptors (Lipinski definition) is 5. The van der Waals surface area contributed by atoms with Gasteiger partial charge >= 0.3 is 5.97 Å². The molecule has 1 aromatic heterocycles. The number of benzene rings is 2. The standard InChI is InChI=1S/C21H16ClNO4S/c1-13-16(22)8-4-9-17(13)23-19(24)12-27-21(26)15-7-3-2-6-14(15)20(25)18-10-5-11-28-18/h2-11H,12H2,1H3,(H,23,24). The van der Waals surface area contributed by atoms with E-state index < -0.39 is 18.5 Å². The summed E-state index contributed by atoms with van der Waals surface area (Å²) in [6.07, 6.45) is 0. The zero-order valence-corrected chi connectivity index (χ0v) is 16.5. The molecule has 2 aromatic carbocycles. The van der Waals surface area contributed by atoms with E-state index in [0.29, 0.717) is 15.6 Å². The Morgan fingerprint density at radius 1 is 1.00 bits per heavy atom. The van der Waals surface area contributed by atoms with Crippen LogP contribution >= 0.6 is 22.9 Å². The van der Waals surface area contributed by atoms with Crippen LogP contribution in [0.1, 0.15) is 31.2 Å². The molecule has 3 aromatic rings. The fourth-order valence-corrected chi connectivity index (χ4v) is 3.39. The van der Waals surface area contributed by atoms with E-state index in [2.05, 4.69) is 5.32 Å². The van der Waals surface area contributed by atoms with E-state index in [-0.39, 0.29) is 16.9 Å². The molecule has 0 bridgehead atoms. The van der Waals surface area contributed by atoms with Crippen LogP contribution in [0, 0.1) is 6.92 Å². The first kappa shape index (κ1) is 19.8. The van der Waals surface area contributed by atoms with Crippen molar-refractivity contribution in [3.8, 4) is 0 Å². The van der Waals surface area contributed by atoms with Gasteiger partial charge in [-0.05, 0) is 42.1 Å². The number of ketones is 1. The second-order valence-corrected chi connectivity index (χ2v) is 7.24. The van der Waals surface area contributed by atoms with E-state index in [1.165, 1.54) is 17.4 Å². The molecule has 0 aliphatic heterocycles. The Kier molecular flexibility index (Phi) is 6.23. The number of anilines is 1. The lowest BCUT2D eigenvalue weighted by atomic mass is 10.0. The summed E-state index contributed by atoms with van der Waals surface area (Å²) in [5.74, 6) is -1.50. The zero-order chi connectivity index (χ0) is 20.1. The van der Waals surface area contributed by atoms with E-state index in [1.54, 1.807) is 60.8 Å². The van der Waals surface area contributed by atoms with Crippen molar-refractivity contribution in [3.05, 3.63) is 86.6 Å². The Morgan fingerprint density at radius 2 is 1.75 bits per heavy atom. The van der Waals surface area contributed by atoms with Crippen LogP contribution in [0.3, 0.4) is 0 Å². The van der Waals surface area contributed by atoms with E-state index in [0.717, 1.165) is 5.56 Å². The van der Waals surface area contributed by atoms with Gasteiger partial charge in [0.15, 0.2) is 6.61 Å². The predicted molar refractivity (Wildman–Crippen MR) is 109 cm³/mol. The van der Waals surface area contributed by atoms with Crippen molar-refractivity contribution in [1.82, 2.24) is 0 Å². The van der Waals surface area contributed by atoms with Crippen molar-refractivity contribution in [3.63, 3.8) is 0 Å². The van der Waals surface area contributed by atoms with E-state index in [9.17, 15) is 14.4 Å². The summed E-state index contributed by atoms with van der Waals surface area (Å²) in [4.78, 5) is 37.7. The molecule has 0 fully saturated rings. The first-order valence-electron chi connectivity index (χ1n) is 8.36. The lowest BCUT2D eigenvalue weighted by molar-refractivity contribution is -0.119. The van der Waals surface area contributed by atoms with Crippen LogP contribution in [-0.4, -0.2) is 24.3 Å². The van der Waals surface area contributed by atoms with Crippen LogP contribution in [0.25, 0.3) is 0 Å². The molecule has 0 saturated heterocycles. The van der Waals surface area contributed by atoms with Gasteiger partial charge in [-0.2, -0.15) is 0 Å².